The van der Waals surface area contributed by atoms with Gasteiger partial charge in [0.2, 0.25) is 0 Å². The van der Waals surface area contributed by atoms with Gasteiger partial charge in [-0.1, -0.05) is 6.42 Å². The molecule has 0 aromatic rings. The summed E-state index contributed by atoms with van der Waals surface area (Å²) in [4.78, 5) is 10.3. The van der Waals surface area contributed by atoms with Gasteiger partial charge in [-0.15, -0.1) is 0 Å². The molecule has 0 bridgehead atoms. The third-order valence-corrected chi connectivity index (χ3v) is 1.51. The van der Waals surface area contributed by atoms with Crippen molar-refractivity contribution in [1.29, 1.82) is 0 Å². The first-order valence-electron chi connectivity index (χ1n) is 3.26. The second-order valence-electron chi connectivity index (χ2n) is 2.35. The van der Waals surface area contributed by atoms with Crippen molar-refractivity contribution in [1.82, 2.24) is 0 Å². The molecule has 1 aliphatic heterocycles. The Morgan fingerprint density at radius 1 is 1.70 bits per heavy atom. The number of carboxylic acids is 1. The van der Waals surface area contributed by atoms with Crippen LogP contribution in [0.2, 0.25) is 6.32 Å². The zero-order chi connectivity index (χ0) is 7.56. The molecule has 2 N–H and O–H groups in total. The first-order valence-corrected chi connectivity index (χ1v) is 3.26. The van der Waals surface area contributed by atoms with Crippen molar-refractivity contribution in [2.75, 3.05) is 0 Å². The zero-order valence-electron chi connectivity index (χ0n) is 5.49. The molecule has 5 heteroatoms. The predicted molar refractivity (Wildman–Crippen MR) is 34.5 cm³/mol. The highest BCUT2D eigenvalue weighted by Gasteiger charge is 2.29. The fourth-order valence-corrected chi connectivity index (χ4v) is 0.985. The standard InChI is InChI=1S/C5H9BO4/c7-5(8)4-2-1-3-6(9)10-4/h4,9H,1-3H2,(H,7,8)/t4-/m1/s1. The first kappa shape index (κ1) is 7.56. The lowest BCUT2D eigenvalue weighted by molar-refractivity contribution is -0.146. The van der Waals surface area contributed by atoms with Gasteiger partial charge in [-0.25, -0.2) is 4.79 Å². The van der Waals surface area contributed by atoms with E-state index in [2.05, 4.69) is 0 Å². The van der Waals surface area contributed by atoms with Crippen molar-refractivity contribution < 1.29 is 19.6 Å². The molecular weight excluding hydrogens is 135 g/mol. The van der Waals surface area contributed by atoms with Crippen molar-refractivity contribution in [2.24, 2.45) is 0 Å². The molecule has 0 saturated carbocycles. The van der Waals surface area contributed by atoms with Gasteiger partial charge < -0.3 is 14.8 Å². The SMILES string of the molecule is O=C(O)[C@H]1CCCB(O)O1. The van der Waals surface area contributed by atoms with Gasteiger partial charge in [-0.05, 0) is 12.7 Å². The zero-order valence-corrected chi connectivity index (χ0v) is 5.49. The van der Waals surface area contributed by atoms with Crippen LogP contribution in [0, 0.1) is 0 Å². The molecule has 1 aliphatic rings. The topological polar surface area (TPSA) is 66.8 Å². The molecule has 10 heavy (non-hydrogen) atoms. The molecule has 0 unspecified atom stereocenters. The minimum atomic E-state index is -0.987. The third-order valence-electron chi connectivity index (χ3n) is 1.51. The van der Waals surface area contributed by atoms with E-state index in [0.717, 1.165) is 6.42 Å². The van der Waals surface area contributed by atoms with Gasteiger partial charge in [0.25, 0.3) is 0 Å². The highest BCUT2D eigenvalue weighted by atomic mass is 16.5. The number of hydrogen-bond donors (Lipinski definition) is 2. The first-order chi connectivity index (χ1) is 4.70. The van der Waals surface area contributed by atoms with Crippen molar-refractivity contribution >= 4 is 13.1 Å². The van der Waals surface area contributed by atoms with Gasteiger partial charge in [-0.3, -0.25) is 0 Å². The summed E-state index contributed by atoms with van der Waals surface area (Å²) in [5, 5.41) is 17.3. The van der Waals surface area contributed by atoms with Gasteiger partial charge in [0, 0.05) is 0 Å². The molecule has 0 aliphatic carbocycles. The van der Waals surface area contributed by atoms with E-state index in [1.54, 1.807) is 0 Å². The largest absolute Gasteiger partial charge is 0.479 e. The maximum absolute atomic E-state index is 10.3. The number of rotatable bonds is 1. The minimum absolute atomic E-state index is 0.506. The van der Waals surface area contributed by atoms with Crippen LogP contribution in [0.15, 0.2) is 0 Å². The quantitative estimate of drug-likeness (QED) is 0.497. The molecule has 0 radical (unpaired) electrons. The van der Waals surface area contributed by atoms with Crippen LogP contribution in [0.5, 0.6) is 0 Å². The summed E-state index contributed by atoms with van der Waals surface area (Å²) in [5.41, 5.74) is 0. The number of aliphatic carboxylic acids is 1. The van der Waals surface area contributed by atoms with Gasteiger partial charge in [-0.2, -0.15) is 0 Å². The predicted octanol–water partition coefficient (Wildman–Crippen LogP) is -0.270. The van der Waals surface area contributed by atoms with E-state index >= 15 is 0 Å². The average Bonchev–Trinajstić information content (AvgIpc) is 1.88. The number of carbonyl (C=O) groups is 1. The monoisotopic (exact) mass is 144 g/mol. The molecule has 1 atom stereocenters. The van der Waals surface area contributed by atoms with E-state index in [1.165, 1.54) is 0 Å². The van der Waals surface area contributed by atoms with Crippen LogP contribution in [0.1, 0.15) is 12.8 Å². The molecule has 0 amide bonds. The van der Waals surface area contributed by atoms with Gasteiger partial charge >= 0.3 is 13.1 Å². The highest BCUT2D eigenvalue weighted by molar-refractivity contribution is 6.43. The van der Waals surface area contributed by atoms with E-state index in [4.69, 9.17) is 14.8 Å². The summed E-state index contributed by atoms with van der Waals surface area (Å²) in [7, 11) is -0.880. The second-order valence-corrected chi connectivity index (χ2v) is 2.35. The second kappa shape index (κ2) is 3.03. The van der Waals surface area contributed by atoms with Crippen LogP contribution in [0.25, 0.3) is 0 Å². The Hall–Kier alpha value is -0.545. The lowest BCUT2D eigenvalue weighted by atomic mass is 9.79. The van der Waals surface area contributed by atoms with Gasteiger partial charge in [0.1, 0.15) is 6.10 Å². The van der Waals surface area contributed by atoms with Crippen LogP contribution in [0.3, 0.4) is 0 Å². The fraction of sp³-hybridized carbons (Fsp3) is 0.800. The van der Waals surface area contributed by atoms with Crippen molar-refractivity contribution in [3.05, 3.63) is 0 Å². The molecule has 0 spiro atoms. The maximum Gasteiger partial charge on any atom is 0.454 e. The van der Waals surface area contributed by atoms with Crippen molar-refractivity contribution in [2.45, 2.75) is 25.3 Å². The Labute approximate surface area is 58.9 Å². The average molecular weight is 144 g/mol. The minimum Gasteiger partial charge on any atom is -0.479 e. The summed E-state index contributed by atoms with van der Waals surface area (Å²) < 4.78 is 4.70. The Balaban J connectivity index is 2.39. The number of hydrogen-bond acceptors (Lipinski definition) is 3. The lowest BCUT2D eigenvalue weighted by Crippen LogP contribution is -2.35. The summed E-state index contributed by atoms with van der Waals surface area (Å²) in [6.45, 7) is 0. The Morgan fingerprint density at radius 2 is 2.40 bits per heavy atom. The van der Waals surface area contributed by atoms with E-state index < -0.39 is 19.2 Å². The van der Waals surface area contributed by atoms with Crippen LogP contribution in [0.4, 0.5) is 0 Å². The summed E-state index contributed by atoms with van der Waals surface area (Å²) >= 11 is 0. The third kappa shape index (κ3) is 1.72. The molecule has 1 heterocycles. The summed E-state index contributed by atoms with van der Waals surface area (Å²) in [5.74, 6) is -0.987. The fourth-order valence-electron chi connectivity index (χ4n) is 0.985. The van der Waals surface area contributed by atoms with Crippen molar-refractivity contribution in [3.63, 3.8) is 0 Å². The molecule has 0 aromatic heterocycles. The normalized spacial score (nSPS) is 26.5. The van der Waals surface area contributed by atoms with E-state index in [1.807, 2.05) is 0 Å². The van der Waals surface area contributed by atoms with E-state index in [0.29, 0.717) is 12.7 Å². The van der Waals surface area contributed by atoms with Gasteiger partial charge in [0.05, 0.1) is 0 Å². The molecular formula is C5H9BO4. The van der Waals surface area contributed by atoms with Crippen LogP contribution in [-0.4, -0.2) is 29.3 Å². The molecule has 4 nitrogen and oxygen atoms in total. The van der Waals surface area contributed by atoms with Gasteiger partial charge in [0.15, 0.2) is 0 Å². The summed E-state index contributed by atoms with van der Waals surface area (Å²) in [6, 6.07) is 0. The molecule has 1 fully saturated rings. The molecule has 1 saturated heterocycles. The Kier molecular flexibility index (Phi) is 2.29. The van der Waals surface area contributed by atoms with E-state index in [-0.39, 0.29) is 0 Å². The van der Waals surface area contributed by atoms with Crippen LogP contribution < -0.4 is 0 Å². The molecule has 0 aromatic carbocycles. The Bertz CT molecular complexity index is 138. The maximum atomic E-state index is 10.3. The molecule has 56 valence electrons. The smallest absolute Gasteiger partial charge is 0.454 e. The van der Waals surface area contributed by atoms with Crippen molar-refractivity contribution in [3.8, 4) is 0 Å². The van der Waals surface area contributed by atoms with Crippen LogP contribution in [-0.2, 0) is 9.45 Å². The van der Waals surface area contributed by atoms with E-state index in [9.17, 15) is 4.79 Å². The highest BCUT2D eigenvalue weighted by Crippen LogP contribution is 2.15. The number of carboxylic acid groups (broad SMARTS) is 1. The summed E-state index contributed by atoms with van der Waals surface area (Å²) in [6.07, 6.45) is 0.970. The molecule has 1 rings (SSSR count). The Morgan fingerprint density at radius 3 is 2.80 bits per heavy atom. The lowest BCUT2D eigenvalue weighted by Gasteiger charge is -2.20. The van der Waals surface area contributed by atoms with Crippen LogP contribution >= 0.6 is 0 Å².